The first-order chi connectivity index (χ1) is 7.68. The van der Waals surface area contributed by atoms with Crippen molar-refractivity contribution in [2.45, 2.75) is 32.7 Å². The molecule has 0 saturated heterocycles. The molecule has 0 bridgehead atoms. The van der Waals surface area contributed by atoms with Crippen LogP contribution in [-0.4, -0.2) is 58.1 Å². The molecule has 1 saturated carbocycles. The van der Waals surface area contributed by atoms with Gasteiger partial charge in [0.15, 0.2) is 0 Å². The van der Waals surface area contributed by atoms with E-state index in [0.717, 1.165) is 19.1 Å². The predicted molar refractivity (Wildman–Crippen MR) is 72.0 cm³/mol. The van der Waals surface area contributed by atoms with Gasteiger partial charge in [-0.15, -0.1) is 0 Å². The summed E-state index contributed by atoms with van der Waals surface area (Å²) in [5.74, 6) is 0.246. The lowest BCUT2D eigenvalue weighted by molar-refractivity contribution is 0.211. The Morgan fingerprint density at radius 1 is 1.35 bits per heavy atom. The van der Waals surface area contributed by atoms with E-state index in [1.807, 2.05) is 7.05 Å². The monoisotopic (exact) mass is 262 g/mol. The molecule has 0 atom stereocenters. The smallest absolute Gasteiger partial charge is 0.148 e. The maximum Gasteiger partial charge on any atom is 0.148 e. The lowest BCUT2D eigenvalue weighted by Crippen LogP contribution is -2.40. The van der Waals surface area contributed by atoms with Gasteiger partial charge in [0, 0.05) is 31.9 Å². The largest absolute Gasteiger partial charge is 0.313 e. The molecule has 1 aliphatic carbocycles. The van der Waals surface area contributed by atoms with E-state index in [1.165, 1.54) is 19.1 Å². The summed E-state index contributed by atoms with van der Waals surface area (Å²) < 4.78 is 22.2. The van der Waals surface area contributed by atoms with E-state index in [2.05, 4.69) is 24.1 Å². The first-order valence-electron chi connectivity index (χ1n) is 6.28. The van der Waals surface area contributed by atoms with Gasteiger partial charge in [0.05, 0.1) is 5.75 Å². The van der Waals surface area contributed by atoms with Crippen molar-refractivity contribution in [3.63, 3.8) is 0 Å². The van der Waals surface area contributed by atoms with E-state index in [9.17, 15) is 8.42 Å². The number of rotatable bonds is 8. The molecule has 4 nitrogen and oxygen atoms in total. The quantitative estimate of drug-likeness (QED) is 0.701. The van der Waals surface area contributed by atoms with Gasteiger partial charge in [0.25, 0.3) is 0 Å². The number of hydrogen-bond donors (Lipinski definition) is 1. The molecule has 1 N–H and O–H groups in total. The summed E-state index contributed by atoms with van der Waals surface area (Å²) in [6.45, 7) is 6.98. The fraction of sp³-hybridized carbons (Fsp3) is 1.00. The van der Waals surface area contributed by atoms with Gasteiger partial charge in [0.1, 0.15) is 9.84 Å². The van der Waals surface area contributed by atoms with Gasteiger partial charge in [-0.25, -0.2) is 8.42 Å². The van der Waals surface area contributed by atoms with Crippen LogP contribution in [0.2, 0.25) is 0 Å². The Balaban J connectivity index is 2.24. The molecule has 1 aliphatic rings. The third-order valence-electron chi connectivity index (χ3n) is 2.99. The SMILES string of the molecule is CN(CCS(C)(=O)=O)CC(C)(C)CNC1CC1. The molecule has 0 aliphatic heterocycles. The summed E-state index contributed by atoms with van der Waals surface area (Å²) in [6, 6.07) is 0.732. The molecule has 102 valence electrons. The van der Waals surface area contributed by atoms with Crippen molar-refractivity contribution in [3.8, 4) is 0 Å². The first kappa shape index (κ1) is 14.9. The molecular weight excluding hydrogens is 236 g/mol. The van der Waals surface area contributed by atoms with Gasteiger partial charge < -0.3 is 10.2 Å². The highest BCUT2D eigenvalue weighted by molar-refractivity contribution is 7.90. The number of sulfone groups is 1. The van der Waals surface area contributed by atoms with Crippen LogP contribution in [0.25, 0.3) is 0 Å². The molecule has 0 aromatic carbocycles. The second-order valence-electron chi connectivity index (χ2n) is 6.19. The summed E-state index contributed by atoms with van der Waals surface area (Å²) >= 11 is 0. The summed E-state index contributed by atoms with van der Waals surface area (Å²) in [7, 11) is -0.858. The lowest BCUT2D eigenvalue weighted by atomic mass is 9.93. The van der Waals surface area contributed by atoms with Gasteiger partial charge in [0.2, 0.25) is 0 Å². The number of nitrogens with zero attached hydrogens (tertiary/aromatic N) is 1. The molecule has 0 unspecified atom stereocenters. The van der Waals surface area contributed by atoms with Crippen LogP contribution in [0.3, 0.4) is 0 Å². The Morgan fingerprint density at radius 3 is 2.41 bits per heavy atom. The Hall–Kier alpha value is -0.130. The van der Waals surface area contributed by atoms with Crippen LogP contribution in [0.15, 0.2) is 0 Å². The predicted octanol–water partition coefficient (Wildman–Crippen LogP) is 0.741. The average molecular weight is 262 g/mol. The van der Waals surface area contributed by atoms with Crippen molar-refractivity contribution < 1.29 is 8.42 Å². The third-order valence-corrected chi connectivity index (χ3v) is 3.91. The van der Waals surface area contributed by atoms with Crippen LogP contribution < -0.4 is 5.32 Å². The minimum Gasteiger partial charge on any atom is -0.313 e. The molecule has 17 heavy (non-hydrogen) atoms. The summed E-state index contributed by atoms with van der Waals surface area (Å²) in [6.07, 6.45) is 3.90. The summed E-state index contributed by atoms with van der Waals surface area (Å²) in [5, 5.41) is 3.53. The Kier molecular flexibility index (Phi) is 4.98. The van der Waals surface area contributed by atoms with Gasteiger partial charge in [-0.3, -0.25) is 0 Å². The van der Waals surface area contributed by atoms with Crippen molar-refractivity contribution in [2.24, 2.45) is 5.41 Å². The standard InChI is InChI=1S/C12H26N2O2S/c1-12(2,9-13-11-5-6-11)10-14(3)7-8-17(4,15)16/h11,13H,5-10H2,1-4H3. The second-order valence-corrected chi connectivity index (χ2v) is 8.45. The molecule has 0 radical (unpaired) electrons. The molecule has 0 amide bonds. The third kappa shape index (κ3) is 7.73. The Bertz CT molecular complexity index is 334. The Morgan fingerprint density at radius 2 is 1.94 bits per heavy atom. The minimum atomic E-state index is -2.85. The highest BCUT2D eigenvalue weighted by Gasteiger charge is 2.26. The molecular formula is C12H26N2O2S. The zero-order valence-electron chi connectivity index (χ0n) is 11.5. The Labute approximate surface area is 106 Å². The number of hydrogen-bond acceptors (Lipinski definition) is 4. The van der Waals surface area contributed by atoms with E-state index in [-0.39, 0.29) is 11.2 Å². The van der Waals surface area contributed by atoms with Gasteiger partial charge in [-0.2, -0.15) is 0 Å². The highest BCUT2D eigenvalue weighted by Crippen LogP contribution is 2.22. The lowest BCUT2D eigenvalue weighted by Gasteiger charge is -2.30. The van der Waals surface area contributed by atoms with Gasteiger partial charge in [-0.05, 0) is 25.3 Å². The molecule has 0 spiro atoms. The van der Waals surface area contributed by atoms with Gasteiger partial charge >= 0.3 is 0 Å². The van der Waals surface area contributed by atoms with E-state index in [1.54, 1.807) is 0 Å². The van der Waals surface area contributed by atoms with Crippen LogP contribution >= 0.6 is 0 Å². The minimum absolute atomic E-state index is 0.189. The van der Waals surface area contributed by atoms with Crippen LogP contribution in [0.4, 0.5) is 0 Å². The van der Waals surface area contributed by atoms with Gasteiger partial charge in [-0.1, -0.05) is 13.8 Å². The van der Waals surface area contributed by atoms with Crippen LogP contribution in [0.5, 0.6) is 0 Å². The zero-order chi connectivity index (χ0) is 13.1. The van der Waals surface area contributed by atoms with E-state index >= 15 is 0 Å². The average Bonchev–Trinajstić information content (AvgIpc) is 2.93. The molecule has 5 heteroatoms. The normalized spacial score (nSPS) is 17.7. The van der Waals surface area contributed by atoms with Crippen molar-refractivity contribution in [2.75, 3.05) is 38.7 Å². The van der Waals surface area contributed by atoms with Crippen molar-refractivity contribution in [1.29, 1.82) is 0 Å². The van der Waals surface area contributed by atoms with Crippen LogP contribution in [-0.2, 0) is 9.84 Å². The maximum atomic E-state index is 11.1. The van der Waals surface area contributed by atoms with Crippen LogP contribution in [0, 0.1) is 5.41 Å². The molecule has 1 rings (SSSR count). The second kappa shape index (κ2) is 5.67. The van der Waals surface area contributed by atoms with Crippen molar-refractivity contribution in [1.82, 2.24) is 10.2 Å². The van der Waals surface area contributed by atoms with E-state index in [4.69, 9.17) is 0 Å². The van der Waals surface area contributed by atoms with E-state index in [0.29, 0.717) is 6.54 Å². The summed E-state index contributed by atoms with van der Waals surface area (Å²) in [4.78, 5) is 2.11. The topological polar surface area (TPSA) is 49.4 Å². The highest BCUT2D eigenvalue weighted by atomic mass is 32.2. The maximum absolute atomic E-state index is 11.1. The number of nitrogens with one attached hydrogen (secondary N) is 1. The van der Waals surface area contributed by atoms with E-state index < -0.39 is 9.84 Å². The molecule has 0 aromatic rings. The molecule has 0 aromatic heterocycles. The zero-order valence-corrected chi connectivity index (χ0v) is 12.3. The fourth-order valence-electron chi connectivity index (χ4n) is 1.90. The summed E-state index contributed by atoms with van der Waals surface area (Å²) in [5.41, 5.74) is 0.189. The van der Waals surface area contributed by atoms with Crippen LogP contribution in [0.1, 0.15) is 26.7 Å². The first-order valence-corrected chi connectivity index (χ1v) is 8.34. The fourth-order valence-corrected chi connectivity index (χ4v) is 2.54. The van der Waals surface area contributed by atoms with Crippen molar-refractivity contribution in [3.05, 3.63) is 0 Å². The molecule has 0 heterocycles. The van der Waals surface area contributed by atoms with Crippen molar-refractivity contribution >= 4 is 9.84 Å². The molecule has 1 fully saturated rings.